The topological polar surface area (TPSA) is 12.5 Å². The van der Waals surface area contributed by atoms with Gasteiger partial charge in [0.15, 0.2) is 0 Å². The Balaban J connectivity index is 1.58. The maximum atomic E-state index is 5.54. The fraction of sp³-hybridized carbons (Fsp3) is 0.520. The summed E-state index contributed by atoms with van der Waals surface area (Å²) >= 11 is 0. The molecule has 2 heteroatoms. The summed E-state index contributed by atoms with van der Waals surface area (Å²) in [4.78, 5) is 2.72. The lowest BCUT2D eigenvalue weighted by Crippen LogP contribution is -2.51. The van der Waals surface area contributed by atoms with Gasteiger partial charge in [0.2, 0.25) is 0 Å². The minimum absolute atomic E-state index is 0.344. The molecule has 2 aliphatic rings. The summed E-state index contributed by atoms with van der Waals surface area (Å²) in [6.45, 7) is 6.95. The first-order valence-electron chi connectivity index (χ1n) is 10.6. The second-order valence-corrected chi connectivity index (χ2v) is 8.66. The van der Waals surface area contributed by atoms with Gasteiger partial charge in [0.1, 0.15) is 5.75 Å². The van der Waals surface area contributed by atoms with Gasteiger partial charge in [-0.15, -0.1) is 0 Å². The lowest BCUT2D eigenvalue weighted by atomic mass is 9.59. The van der Waals surface area contributed by atoms with Crippen LogP contribution in [0.25, 0.3) is 0 Å². The molecule has 2 nitrogen and oxygen atoms in total. The van der Waals surface area contributed by atoms with Crippen molar-refractivity contribution in [2.75, 3.05) is 20.2 Å². The second kappa shape index (κ2) is 7.67. The molecule has 0 aromatic heterocycles. The number of methoxy groups -OCH3 is 1. The monoisotopic (exact) mass is 363 g/mol. The van der Waals surface area contributed by atoms with Gasteiger partial charge in [-0.2, -0.15) is 0 Å². The van der Waals surface area contributed by atoms with Crippen LogP contribution < -0.4 is 4.74 Å². The van der Waals surface area contributed by atoms with E-state index in [9.17, 15) is 0 Å². The Morgan fingerprint density at radius 2 is 1.89 bits per heavy atom. The molecule has 0 bridgehead atoms. The van der Waals surface area contributed by atoms with Crippen LogP contribution in [0.4, 0.5) is 0 Å². The van der Waals surface area contributed by atoms with E-state index in [0.29, 0.717) is 11.5 Å². The fourth-order valence-electron chi connectivity index (χ4n) is 5.49. The minimum atomic E-state index is 0.344. The van der Waals surface area contributed by atoms with Crippen LogP contribution in [0.2, 0.25) is 0 Å². The van der Waals surface area contributed by atoms with Crippen molar-refractivity contribution in [3.8, 4) is 5.75 Å². The smallest absolute Gasteiger partial charge is 0.119 e. The average molecular weight is 364 g/mol. The molecule has 4 rings (SSSR count). The highest BCUT2D eigenvalue weighted by Crippen LogP contribution is 2.50. The van der Waals surface area contributed by atoms with Crippen molar-refractivity contribution >= 4 is 0 Å². The third kappa shape index (κ3) is 3.52. The zero-order valence-corrected chi connectivity index (χ0v) is 17.1. The van der Waals surface area contributed by atoms with Crippen molar-refractivity contribution in [3.63, 3.8) is 0 Å². The van der Waals surface area contributed by atoms with Gasteiger partial charge in [-0.1, -0.05) is 54.8 Å². The molecule has 2 aromatic rings. The van der Waals surface area contributed by atoms with Crippen molar-refractivity contribution in [1.82, 2.24) is 4.90 Å². The van der Waals surface area contributed by atoms with Crippen molar-refractivity contribution in [2.24, 2.45) is 5.92 Å². The highest BCUT2D eigenvalue weighted by molar-refractivity contribution is 5.36. The maximum absolute atomic E-state index is 5.54. The van der Waals surface area contributed by atoms with E-state index in [2.05, 4.69) is 67.3 Å². The first-order valence-corrected chi connectivity index (χ1v) is 10.6. The van der Waals surface area contributed by atoms with Crippen LogP contribution >= 0.6 is 0 Å². The number of ether oxygens (including phenoxy) is 1. The number of piperidine rings is 1. The quantitative estimate of drug-likeness (QED) is 0.671. The van der Waals surface area contributed by atoms with Crippen LogP contribution in [0.5, 0.6) is 5.75 Å². The summed E-state index contributed by atoms with van der Waals surface area (Å²) in [6, 6.07) is 18.5. The van der Waals surface area contributed by atoms with Crippen LogP contribution in [0.15, 0.2) is 48.5 Å². The Morgan fingerprint density at radius 3 is 2.67 bits per heavy atom. The van der Waals surface area contributed by atoms with Crippen LogP contribution in [-0.4, -0.2) is 25.1 Å². The van der Waals surface area contributed by atoms with E-state index in [4.69, 9.17) is 4.74 Å². The van der Waals surface area contributed by atoms with E-state index >= 15 is 0 Å². The van der Waals surface area contributed by atoms with Gasteiger partial charge in [-0.25, -0.2) is 0 Å². The van der Waals surface area contributed by atoms with Gasteiger partial charge < -0.3 is 4.74 Å². The molecule has 1 unspecified atom stereocenters. The molecule has 27 heavy (non-hydrogen) atoms. The molecule has 2 aromatic carbocycles. The highest BCUT2D eigenvalue weighted by Gasteiger charge is 2.46. The number of likely N-dealkylation sites (tertiary alicyclic amines) is 1. The Kier molecular flexibility index (Phi) is 5.27. The van der Waals surface area contributed by atoms with E-state index < -0.39 is 0 Å². The van der Waals surface area contributed by atoms with E-state index in [-0.39, 0.29) is 0 Å². The predicted molar refractivity (Wildman–Crippen MR) is 112 cm³/mol. The molecule has 1 saturated carbocycles. The average Bonchev–Trinajstić information content (AvgIpc) is 2.73. The molecular weight excluding hydrogens is 330 g/mol. The standard InChI is InChI=1S/C25H33NO/c1-19-10-12-21(13-11-19)20(2)26-16-15-25(14-5-4-7-23(25)18-26)22-8-6-9-24(17-22)27-3/h6,8-13,17,20,23H,4-5,7,14-16,18H2,1-3H3/t20?,23-,25+/m1/s1. The van der Waals surface area contributed by atoms with E-state index in [0.717, 1.165) is 11.7 Å². The predicted octanol–water partition coefficient (Wildman–Crippen LogP) is 5.90. The molecule has 0 N–H and O–H groups in total. The normalized spacial score (nSPS) is 27.0. The Hall–Kier alpha value is -1.80. The number of fused-ring (bicyclic) bond motifs is 1. The number of aryl methyl sites for hydroxylation is 1. The Morgan fingerprint density at radius 1 is 1.07 bits per heavy atom. The lowest BCUT2D eigenvalue weighted by Gasteiger charge is -2.52. The molecule has 2 fully saturated rings. The number of hydrogen-bond donors (Lipinski definition) is 0. The van der Waals surface area contributed by atoms with Crippen molar-refractivity contribution in [2.45, 2.75) is 57.4 Å². The third-order valence-electron chi connectivity index (χ3n) is 7.26. The van der Waals surface area contributed by atoms with Crippen LogP contribution in [-0.2, 0) is 5.41 Å². The van der Waals surface area contributed by atoms with Gasteiger partial charge in [0.25, 0.3) is 0 Å². The summed E-state index contributed by atoms with van der Waals surface area (Å²) in [5.41, 5.74) is 4.64. The molecule has 0 spiro atoms. The van der Waals surface area contributed by atoms with E-state index in [1.165, 1.54) is 61.9 Å². The van der Waals surface area contributed by atoms with E-state index in [1.807, 2.05) is 0 Å². The largest absolute Gasteiger partial charge is 0.497 e. The SMILES string of the molecule is COc1cccc([C@@]23CCCC[C@@H]2CN(C(C)c2ccc(C)cc2)CC3)c1. The Bertz CT molecular complexity index is 768. The summed E-state index contributed by atoms with van der Waals surface area (Å²) < 4.78 is 5.54. The van der Waals surface area contributed by atoms with E-state index in [1.54, 1.807) is 7.11 Å². The highest BCUT2D eigenvalue weighted by atomic mass is 16.5. The van der Waals surface area contributed by atoms with Gasteiger partial charge in [-0.05, 0) is 68.8 Å². The van der Waals surface area contributed by atoms with Crippen LogP contribution in [0.3, 0.4) is 0 Å². The van der Waals surface area contributed by atoms with Crippen molar-refractivity contribution in [3.05, 3.63) is 65.2 Å². The molecule has 1 heterocycles. The van der Waals surface area contributed by atoms with Crippen molar-refractivity contribution < 1.29 is 4.74 Å². The summed E-state index contributed by atoms with van der Waals surface area (Å²) in [7, 11) is 1.78. The van der Waals surface area contributed by atoms with Crippen LogP contribution in [0, 0.1) is 12.8 Å². The molecule has 3 atom stereocenters. The van der Waals surface area contributed by atoms with Crippen molar-refractivity contribution in [1.29, 1.82) is 0 Å². The summed E-state index contributed by atoms with van der Waals surface area (Å²) in [5.74, 6) is 1.75. The maximum Gasteiger partial charge on any atom is 0.119 e. The third-order valence-corrected chi connectivity index (χ3v) is 7.26. The zero-order chi connectivity index (χ0) is 18.9. The molecule has 0 radical (unpaired) electrons. The minimum Gasteiger partial charge on any atom is -0.497 e. The zero-order valence-electron chi connectivity index (χ0n) is 17.1. The molecular formula is C25H33NO. The number of nitrogens with zero attached hydrogens (tertiary/aromatic N) is 1. The van der Waals surface area contributed by atoms with Crippen LogP contribution in [0.1, 0.15) is 61.8 Å². The number of hydrogen-bond acceptors (Lipinski definition) is 2. The Labute approximate surface area is 164 Å². The number of benzene rings is 2. The van der Waals surface area contributed by atoms with Gasteiger partial charge in [-0.3, -0.25) is 4.90 Å². The van der Waals surface area contributed by atoms with Gasteiger partial charge >= 0.3 is 0 Å². The molecule has 1 aliphatic carbocycles. The fourth-order valence-corrected chi connectivity index (χ4v) is 5.49. The molecule has 1 aliphatic heterocycles. The van der Waals surface area contributed by atoms with Gasteiger partial charge in [0, 0.05) is 18.0 Å². The first-order chi connectivity index (χ1) is 13.1. The molecule has 1 saturated heterocycles. The first kappa shape index (κ1) is 18.6. The molecule has 0 amide bonds. The van der Waals surface area contributed by atoms with Gasteiger partial charge in [0.05, 0.1) is 7.11 Å². The summed E-state index contributed by atoms with van der Waals surface area (Å²) in [6.07, 6.45) is 6.69. The summed E-state index contributed by atoms with van der Waals surface area (Å²) in [5, 5.41) is 0. The molecule has 144 valence electrons. The second-order valence-electron chi connectivity index (χ2n) is 8.66. The lowest BCUT2D eigenvalue weighted by molar-refractivity contribution is 0.0354. The number of rotatable bonds is 4.